The molecule has 0 atom stereocenters. The summed E-state index contributed by atoms with van der Waals surface area (Å²) in [6.45, 7) is 2.00. The number of nitrogens with one attached hydrogen (secondary N) is 1. The first kappa shape index (κ1) is 17.1. The lowest BCUT2D eigenvalue weighted by atomic mass is 10.2. The van der Waals surface area contributed by atoms with Gasteiger partial charge in [0.25, 0.3) is 0 Å². The molecule has 8 heteroatoms. The smallest absolute Gasteiger partial charge is 0.225 e. The van der Waals surface area contributed by atoms with Crippen molar-refractivity contribution in [2.75, 3.05) is 11.1 Å². The summed E-state index contributed by atoms with van der Waals surface area (Å²) in [5, 5.41) is 15.1. The van der Waals surface area contributed by atoms with Gasteiger partial charge in [0.05, 0.1) is 5.69 Å². The van der Waals surface area contributed by atoms with Crippen LogP contribution in [0.25, 0.3) is 5.69 Å². The van der Waals surface area contributed by atoms with E-state index in [-0.39, 0.29) is 11.7 Å². The Balaban J connectivity index is 1.55. The van der Waals surface area contributed by atoms with E-state index < -0.39 is 0 Å². The van der Waals surface area contributed by atoms with Crippen LogP contribution in [0.5, 0.6) is 0 Å². The van der Waals surface area contributed by atoms with Crippen LogP contribution < -0.4 is 5.32 Å². The van der Waals surface area contributed by atoms with Crippen molar-refractivity contribution in [3.8, 4) is 5.69 Å². The fraction of sp³-hybridized carbons (Fsp3) is 0.176. The highest BCUT2D eigenvalue weighted by molar-refractivity contribution is 7.99. The fourth-order valence-corrected chi connectivity index (χ4v) is 3.01. The highest BCUT2D eigenvalue weighted by Gasteiger charge is 2.10. The quantitative estimate of drug-likeness (QED) is 0.686. The lowest BCUT2D eigenvalue weighted by molar-refractivity contribution is -0.115. The summed E-state index contributed by atoms with van der Waals surface area (Å²) in [4.78, 5) is 11.9. The van der Waals surface area contributed by atoms with E-state index in [9.17, 15) is 9.18 Å². The molecule has 0 saturated carbocycles. The van der Waals surface area contributed by atoms with Crippen LogP contribution >= 0.6 is 11.8 Å². The summed E-state index contributed by atoms with van der Waals surface area (Å²) in [7, 11) is 0. The van der Waals surface area contributed by atoms with Crippen LogP contribution in [-0.2, 0) is 4.79 Å². The number of nitrogens with zero attached hydrogens (tertiary/aromatic N) is 4. The molecule has 0 unspecified atom stereocenters. The van der Waals surface area contributed by atoms with Crippen molar-refractivity contribution in [3.63, 3.8) is 0 Å². The number of halogens is 1. The Labute approximate surface area is 148 Å². The van der Waals surface area contributed by atoms with Gasteiger partial charge in [0.1, 0.15) is 5.82 Å². The number of benzene rings is 2. The normalized spacial score (nSPS) is 10.6. The van der Waals surface area contributed by atoms with Gasteiger partial charge < -0.3 is 5.32 Å². The molecule has 1 aromatic heterocycles. The number of thioether (sulfide) groups is 1. The molecular weight excluding hydrogens is 341 g/mol. The van der Waals surface area contributed by atoms with E-state index >= 15 is 0 Å². The Morgan fingerprint density at radius 1 is 1.24 bits per heavy atom. The number of hydrogen-bond donors (Lipinski definition) is 1. The summed E-state index contributed by atoms with van der Waals surface area (Å²) < 4.78 is 14.5. The lowest BCUT2D eigenvalue weighted by Crippen LogP contribution is -2.12. The van der Waals surface area contributed by atoms with E-state index in [2.05, 4.69) is 20.8 Å². The number of aromatic nitrogens is 4. The number of rotatable bonds is 6. The van der Waals surface area contributed by atoms with Crippen molar-refractivity contribution in [2.24, 2.45) is 0 Å². The number of carbonyl (C=O) groups excluding carboxylic acids is 1. The molecule has 0 radical (unpaired) electrons. The molecule has 3 rings (SSSR count). The minimum atomic E-state index is -0.337. The van der Waals surface area contributed by atoms with Crippen LogP contribution in [0.4, 0.5) is 10.1 Å². The Kier molecular flexibility index (Phi) is 5.39. The summed E-state index contributed by atoms with van der Waals surface area (Å²) in [6, 6.07) is 13.5. The number of carbonyl (C=O) groups is 1. The minimum Gasteiger partial charge on any atom is -0.326 e. The van der Waals surface area contributed by atoms with Crippen LogP contribution in [0, 0.1) is 12.7 Å². The summed E-state index contributed by atoms with van der Waals surface area (Å²) in [5.74, 6) is 0.0457. The SMILES string of the molecule is Cc1cccc(-n2nnnc2SCCC(=O)Nc2ccc(F)cc2)c1. The van der Waals surface area contributed by atoms with Gasteiger partial charge in [0.15, 0.2) is 0 Å². The summed E-state index contributed by atoms with van der Waals surface area (Å²) >= 11 is 1.40. The highest BCUT2D eigenvalue weighted by Crippen LogP contribution is 2.19. The first-order valence-corrected chi connectivity index (χ1v) is 8.64. The second-order valence-corrected chi connectivity index (χ2v) is 6.43. The third kappa shape index (κ3) is 4.63. The van der Waals surface area contributed by atoms with E-state index in [0.717, 1.165) is 11.3 Å². The van der Waals surface area contributed by atoms with E-state index in [4.69, 9.17) is 0 Å². The zero-order valence-electron chi connectivity index (χ0n) is 13.5. The molecule has 0 aliphatic rings. The van der Waals surface area contributed by atoms with Crippen LogP contribution in [0.3, 0.4) is 0 Å². The first-order valence-electron chi connectivity index (χ1n) is 7.65. The molecular formula is C17H16FN5OS. The Bertz CT molecular complexity index is 865. The van der Waals surface area contributed by atoms with Crippen molar-refractivity contribution in [2.45, 2.75) is 18.5 Å². The molecule has 6 nitrogen and oxygen atoms in total. The van der Waals surface area contributed by atoms with Crippen LogP contribution in [-0.4, -0.2) is 31.9 Å². The molecule has 1 heterocycles. The molecule has 0 spiro atoms. The van der Waals surface area contributed by atoms with Gasteiger partial charge in [-0.25, -0.2) is 4.39 Å². The third-order valence-electron chi connectivity index (χ3n) is 3.38. The van der Waals surface area contributed by atoms with E-state index in [1.165, 1.54) is 36.0 Å². The van der Waals surface area contributed by atoms with Crippen molar-refractivity contribution in [3.05, 3.63) is 59.9 Å². The second kappa shape index (κ2) is 7.89. The van der Waals surface area contributed by atoms with Crippen molar-refractivity contribution in [1.29, 1.82) is 0 Å². The lowest BCUT2D eigenvalue weighted by Gasteiger charge is -2.06. The topological polar surface area (TPSA) is 72.7 Å². The highest BCUT2D eigenvalue weighted by atomic mass is 32.2. The molecule has 2 aromatic carbocycles. The standard InChI is InChI=1S/C17H16FN5OS/c1-12-3-2-4-15(11-12)23-17(20-21-22-23)25-10-9-16(24)19-14-7-5-13(18)6-8-14/h2-8,11H,9-10H2,1H3,(H,19,24). The maximum Gasteiger partial charge on any atom is 0.225 e. The number of tetrazole rings is 1. The molecule has 0 saturated heterocycles. The summed E-state index contributed by atoms with van der Waals surface area (Å²) in [6.07, 6.45) is 0.294. The molecule has 1 amide bonds. The predicted octanol–water partition coefficient (Wildman–Crippen LogP) is 3.23. The van der Waals surface area contributed by atoms with Crippen LogP contribution in [0.2, 0.25) is 0 Å². The van der Waals surface area contributed by atoms with Gasteiger partial charge in [-0.3, -0.25) is 4.79 Å². The monoisotopic (exact) mass is 357 g/mol. The van der Waals surface area contributed by atoms with Gasteiger partial charge in [-0.1, -0.05) is 23.9 Å². The second-order valence-electron chi connectivity index (χ2n) is 5.37. The molecule has 0 bridgehead atoms. The largest absolute Gasteiger partial charge is 0.326 e. The van der Waals surface area contributed by atoms with E-state index in [1.54, 1.807) is 4.68 Å². The zero-order chi connectivity index (χ0) is 17.6. The molecule has 0 aliphatic carbocycles. The molecule has 25 heavy (non-hydrogen) atoms. The van der Waals surface area contributed by atoms with Crippen LogP contribution in [0.15, 0.2) is 53.7 Å². The van der Waals surface area contributed by atoms with Crippen molar-refractivity contribution < 1.29 is 9.18 Å². The Hall–Kier alpha value is -2.74. The van der Waals surface area contributed by atoms with Gasteiger partial charge >= 0.3 is 0 Å². The van der Waals surface area contributed by atoms with Crippen molar-refractivity contribution >= 4 is 23.4 Å². The Morgan fingerprint density at radius 2 is 2.04 bits per heavy atom. The molecule has 128 valence electrons. The van der Waals surface area contributed by atoms with Gasteiger partial charge in [-0.2, -0.15) is 4.68 Å². The fourth-order valence-electron chi connectivity index (χ4n) is 2.18. The maximum atomic E-state index is 12.8. The van der Waals surface area contributed by atoms with Gasteiger partial charge in [0, 0.05) is 17.9 Å². The molecule has 0 aliphatic heterocycles. The average Bonchev–Trinajstić information content (AvgIpc) is 3.05. The third-order valence-corrected chi connectivity index (χ3v) is 4.30. The summed E-state index contributed by atoms with van der Waals surface area (Å²) in [5.41, 5.74) is 2.56. The number of hydrogen-bond acceptors (Lipinski definition) is 5. The first-order chi connectivity index (χ1) is 12.1. The predicted molar refractivity (Wildman–Crippen MR) is 94.3 cm³/mol. The van der Waals surface area contributed by atoms with Gasteiger partial charge in [0.2, 0.25) is 11.1 Å². The van der Waals surface area contributed by atoms with Gasteiger partial charge in [-0.05, 0) is 59.3 Å². The Morgan fingerprint density at radius 3 is 2.80 bits per heavy atom. The molecule has 3 aromatic rings. The van der Waals surface area contributed by atoms with Gasteiger partial charge in [-0.15, -0.1) is 5.10 Å². The van der Waals surface area contributed by atoms with Crippen molar-refractivity contribution in [1.82, 2.24) is 20.2 Å². The maximum absolute atomic E-state index is 12.8. The minimum absolute atomic E-state index is 0.145. The van der Waals surface area contributed by atoms with E-state index in [0.29, 0.717) is 23.0 Å². The van der Waals surface area contributed by atoms with E-state index in [1.807, 2.05) is 31.2 Å². The van der Waals surface area contributed by atoms with Crippen LogP contribution in [0.1, 0.15) is 12.0 Å². The number of anilines is 1. The number of aryl methyl sites for hydroxylation is 1. The molecule has 1 N–H and O–H groups in total. The number of amides is 1. The zero-order valence-corrected chi connectivity index (χ0v) is 14.3. The average molecular weight is 357 g/mol. The molecule has 0 fully saturated rings.